The number of hydrogen-bond donors (Lipinski definition) is 1. The van der Waals surface area contributed by atoms with E-state index in [1.807, 2.05) is 13.8 Å². The lowest BCUT2D eigenvalue weighted by Crippen LogP contribution is -2.32. The Morgan fingerprint density at radius 1 is 1.64 bits per heavy atom. The summed E-state index contributed by atoms with van der Waals surface area (Å²) in [6.45, 7) is 7.78. The lowest BCUT2D eigenvalue weighted by atomic mass is 10.1. The summed E-state index contributed by atoms with van der Waals surface area (Å²) in [7, 11) is 0. The summed E-state index contributed by atoms with van der Waals surface area (Å²) in [4.78, 5) is 12.7. The maximum atomic E-state index is 10.6. The molecule has 0 aromatic rings. The summed E-state index contributed by atoms with van der Waals surface area (Å²) in [6.07, 6.45) is 0. The molecule has 0 amide bonds. The van der Waals surface area contributed by atoms with Gasteiger partial charge in [-0.1, -0.05) is 25.4 Å². The van der Waals surface area contributed by atoms with Crippen LogP contribution in [0.3, 0.4) is 0 Å². The van der Waals surface area contributed by atoms with Crippen molar-refractivity contribution in [1.82, 2.24) is 4.90 Å². The molecule has 0 saturated carbocycles. The van der Waals surface area contributed by atoms with Crippen LogP contribution in [0.15, 0.2) is 11.1 Å². The Bertz CT molecular complexity index is 216. The molecule has 0 saturated heterocycles. The Morgan fingerprint density at radius 2 is 2.21 bits per heavy atom. The van der Waals surface area contributed by atoms with Crippen molar-refractivity contribution in [2.75, 3.05) is 19.6 Å². The first kappa shape index (κ1) is 13.5. The number of nitrogens with zero attached hydrogens (tertiary/aromatic N) is 1. The van der Waals surface area contributed by atoms with E-state index in [2.05, 4.69) is 4.90 Å². The van der Waals surface area contributed by atoms with Gasteiger partial charge in [-0.2, -0.15) is 0 Å². The molecule has 0 aliphatic carbocycles. The van der Waals surface area contributed by atoms with Crippen LogP contribution >= 0.6 is 11.6 Å². The number of carbonyl (C=O) groups is 1. The Kier molecular flexibility index (Phi) is 6.58. The van der Waals surface area contributed by atoms with Gasteiger partial charge in [0.15, 0.2) is 0 Å². The van der Waals surface area contributed by atoms with E-state index in [1.54, 1.807) is 6.92 Å². The molecule has 82 valence electrons. The third kappa shape index (κ3) is 5.25. The average Bonchev–Trinajstić information content (AvgIpc) is 2.16. The molecule has 0 bridgehead atoms. The summed E-state index contributed by atoms with van der Waals surface area (Å²) < 4.78 is 0. The van der Waals surface area contributed by atoms with Crippen LogP contribution in [0.5, 0.6) is 0 Å². The van der Waals surface area contributed by atoms with Gasteiger partial charge in [0.1, 0.15) is 0 Å². The van der Waals surface area contributed by atoms with E-state index in [1.165, 1.54) is 5.54 Å². The normalized spacial score (nSPS) is 14.5. The first-order chi connectivity index (χ1) is 6.51. The summed E-state index contributed by atoms with van der Waals surface area (Å²) in [6, 6.07) is 0. The molecule has 0 radical (unpaired) electrons. The Balaban J connectivity index is 4.09. The number of aliphatic carboxylic acids is 1. The molecule has 4 heteroatoms. The van der Waals surface area contributed by atoms with Crippen LogP contribution in [-0.2, 0) is 4.79 Å². The molecule has 1 N–H and O–H groups in total. The van der Waals surface area contributed by atoms with Crippen molar-refractivity contribution in [3.8, 4) is 0 Å². The van der Waals surface area contributed by atoms with Gasteiger partial charge in [0.2, 0.25) is 0 Å². The number of carboxylic acids is 1. The Hall–Kier alpha value is -0.540. The molecule has 0 spiro atoms. The summed E-state index contributed by atoms with van der Waals surface area (Å²) >= 11 is 5.55. The van der Waals surface area contributed by atoms with Crippen LogP contribution in [0.4, 0.5) is 0 Å². The van der Waals surface area contributed by atoms with Crippen LogP contribution in [0.25, 0.3) is 0 Å². The topological polar surface area (TPSA) is 40.5 Å². The van der Waals surface area contributed by atoms with E-state index < -0.39 is 5.97 Å². The molecule has 0 aliphatic rings. The van der Waals surface area contributed by atoms with Crippen molar-refractivity contribution in [2.24, 2.45) is 5.92 Å². The van der Waals surface area contributed by atoms with Gasteiger partial charge >= 0.3 is 5.97 Å². The fraction of sp³-hybridized carbons (Fsp3) is 0.700. The second kappa shape index (κ2) is 6.85. The fourth-order valence-electron chi connectivity index (χ4n) is 1.16. The standard InChI is InChI=1S/C10H18ClNO2/c1-4-12(6-8(2)5-11)7-9(3)10(13)14/h5,9H,4,6-7H2,1-3H3,(H,13,14). The van der Waals surface area contributed by atoms with E-state index in [9.17, 15) is 4.79 Å². The molecule has 0 aromatic carbocycles. The number of carboxylic acid groups (broad SMARTS) is 1. The van der Waals surface area contributed by atoms with Crippen LogP contribution in [-0.4, -0.2) is 35.6 Å². The van der Waals surface area contributed by atoms with Crippen LogP contribution < -0.4 is 0 Å². The highest BCUT2D eigenvalue weighted by Crippen LogP contribution is 2.04. The van der Waals surface area contributed by atoms with Crippen LogP contribution in [0.1, 0.15) is 20.8 Å². The van der Waals surface area contributed by atoms with Crippen molar-refractivity contribution in [3.63, 3.8) is 0 Å². The molecule has 1 unspecified atom stereocenters. The number of rotatable bonds is 6. The van der Waals surface area contributed by atoms with Crippen molar-refractivity contribution >= 4 is 17.6 Å². The molecule has 3 nitrogen and oxygen atoms in total. The van der Waals surface area contributed by atoms with E-state index in [0.29, 0.717) is 6.54 Å². The highest BCUT2D eigenvalue weighted by atomic mass is 35.5. The monoisotopic (exact) mass is 219 g/mol. The molecule has 0 fully saturated rings. The maximum absolute atomic E-state index is 10.6. The van der Waals surface area contributed by atoms with Gasteiger partial charge < -0.3 is 5.11 Å². The first-order valence-corrected chi connectivity index (χ1v) is 5.15. The maximum Gasteiger partial charge on any atom is 0.307 e. The number of likely N-dealkylation sites (N-methyl/N-ethyl adjacent to an activating group) is 1. The zero-order valence-corrected chi connectivity index (χ0v) is 9.71. The van der Waals surface area contributed by atoms with Gasteiger partial charge in [0.05, 0.1) is 5.92 Å². The lowest BCUT2D eigenvalue weighted by Gasteiger charge is -2.22. The highest BCUT2D eigenvalue weighted by Gasteiger charge is 2.14. The van der Waals surface area contributed by atoms with Crippen molar-refractivity contribution in [1.29, 1.82) is 0 Å². The van der Waals surface area contributed by atoms with E-state index >= 15 is 0 Å². The van der Waals surface area contributed by atoms with Crippen molar-refractivity contribution in [3.05, 3.63) is 11.1 Å². The largest absolute Gasteiger partial charge is 0.481 e. The average molecular weight is 220 g/mol. The van der Waals surface area contributed by atoms with Gasteiger partial charge in [0.25, 0.3) is 0 Å². The SMILES string of the molecule is CCN(CC(C)=CCl)CC(C)C(=O)O. The Labute approximate surface area is 90.4 Å². The highest BCUT2D eigenvalue weighted by molar-refractivity contribution is 6.25. The predicted octanol–water partition coefficient (Wildman–Crippen LogP) is 2.17. The molecule has 0 rings (SSSR count). The van der Waals surface area contributed by atoms with E-state index in [0.717, 1.165) is 18.7 Å². The van der Waals surface area contributed by atoms with Gasteiger partial charge in [-0.15, -0.1) is 0 Å². The van der Waals surface area contributed by atoms with Crippen LogP contribution in [0.2, 0.25) is 0 Å². The minimum absolute atomic E-state index is 0.335. The lowest BCUT2D eigenvalue weighted by molar-refractivity contribution is -0.141. The summed E-state index contributed by atoms with van der Waals surface area (Å²) in [5, 5.41) is 8.75. The quantitative estimate of drug-likeness (QED) is 0.745. The van der Waals surface area contributed by atoms with E-state index in [-0.39, 0.29) is 5.92 Å². The van der Waals surface area contributed by atoms with Gasteiger partial charge in [-0.25, -0.2) is 0 Å². The number of halogens is 1. The summed E-state index contributed by atoms with van der Waals surface area (Å²) in [5.41, 5.74) is 2.58. The predicted molar refractivity (Wildman–Crippen MR) is 58.5 cm³/mol. The smallest absolute Gasteiger partial charge is 0.307 e. The van der Waals surface area contributed by atoms with Crippen molar-refractivity contribution < 1.29 is 9.90 Å². The van der Waals surface area contributed by atoms with Crippen LogP contribution in [0, 0.1) is 5.92 Å². The minimum Gasteiger partial charge on any atom is -0.481 e. The zero-order chi connectivity index (χ0) is 11.1. The second-order valence-electron chi connectivity index (χ2n) is 3.52. The van der Waals surface area contributed by atoms with Gasteiger partial charge in [-0.05, 0) is 19.0 Å². The second-order valence-corrected chi connectivity index (χ2v) is 3.74. The molecule has 0 aliphatic heterocycles. The van der Waals surface area contributed by atoms with Gasteiger partial charge in [-0.3, -0.25) is 9.69 Å². The fourth-order valence-corrected chi connectivity index (χ4v) is 1.23. The van der Waals surface area contributed by atoms with Crippen molar-refractivity contribution in [2.45, 2.75) is 20.8 Å². The zero-order valence-electron chi connectivity index (χ0n) is 8.96. The molecular weight excluding hydrogens is 202 g/mol. The minimum atomic E-state index is -0.754. The summed E-state index contributed by atoms with van der Waals surface area (Å²) in [5.74, 6) is -1.09. The molecule has 14 heavy (non-hydrogen) atoms. The first-order valence-electron chi connectivity index (χ1n) is 4.72. The molecule has 0 aromatic heterocycles. The molecular formula is C10H18ClNO2. The molecule has 1 atom stereocenters. The third-order valence-corrected chi connectivity index (χ3v) is 2.43. The third-order valence-electron chi connectivity index (χ3n) is 2.06. The van der Waals surface area contributed by atoms with E-state index in [4.69, 9.17) is 16.7 Å². The van der Waals surface area contributed by atoms with Gasteiger partial charge in [0, 0.05) is 18.6 Å². The Morgan fingerprint density at radius 3 is 2.57 bits per heavy atom. The molecule has 0 heterocycles. The number of hydrogen-bond acceptors (Lipinski definition) is 2.